The van der Waals surface area contributed by atoms with Crippen molar-refractivity contribution in [1.29, 1.82) is 0 Å². The maximum Gasteiger partial charge on any atom is 0.146 e. The SMILES string of the molecule is OC1C=CC(O[SiH3])C1. The molecule has 2 unspecified atom stereocenters. The molecule has 1 rings (SSSR count). The van der Waals surface area contributed by atoms with E-state index in [0.29, 0.717) is 0 Å². The van der Waals surface area contributed by atoms with Crippen LogP contribution in [0.25, 0.3) is 0 Å². The first-order valence-corrected chi connectivity index (χ1v) is 3.54. The van der Waals surface area contributed by atoms with Gasteiger partial charge in [-0.2, -0.15) is 0 Å². The van der Waals surface area contributed by atoms with E-state index in [0.717, 1.165) is 16.9 Å². The summed E-state index contributed by atoms with van der Waals surface area (Å²) in [7, 11) is 0.760. The van der Waals surface area contributed by atoms with Crippen molar-refractivity contribution in [2.45, 2.75) is 18.6 Å². The van der Waals surface area contributed by atoms with Gasteiger partial charge in [-0.1, -0.05) is 12.2 Å². The van der Waals surface area contributed by atoms with Gasteiger partial charge in [0, 0.05) is 6.42 Å². The summed E-state index contributed by atoms with van der Waals surface area (Å²) < 4.78 is 5.07. The minimum absolute atomic E-state index is 0.205. The van der Waals surface area contributed by atoms with Crippen LogP contribution in [0.3, 0.4) is 0 Å². The van der Waals surface area contributed by atoms with Crippen molar-refractivity contribution in [1.82, 2.24) is 0 Å². The van der Waals surface area contributed by atoms with Crippen LogP contribution in [-0.4, -0.2) is 27.8 Å². The molecule has 3 heteroatoms. The Balaban J connectivity index is 2.34. The summed E-state index contributed by atoms with van der Waals surface area (Å²) in [4.78, 5) is 0. The van der Waals surface area contributed by atoms with Gasteiger partial charge in [0.05, 0.1) is 12.2 Å². The van der Waals surface area contributed by atoms with E-state index in [2.05, 4.69) is 0 Å². The Hall–Kier alpha value is -0.123. The fraction of sp³-hybridized carbons (Fsp3) is 0.600. The lowest BCUT2D eigenvalue weighted by Gasteiger charge is -2.04. The molecule has 0 radical (unpaired) electrons. The Bertz CT molecular complexity index is 103. The fourth-order valence-electron chi connectivity index (χ4n) is 0.822. The third-order valence-corrected chi connectivity index (χ3v) is 1.93. The normalized spacial score (nSPS) is 36.6. The summed E-state index contributed by atoms with van der Waals surface area (Å²) in [5.41, 5.74) is 0. The van der Waals surface area contributed by atoms with Crippen LogP contribution < -0.4 is 0 Å². The second-order valence-electron chi connectivity index (χ2n) is 1.96. The molecule has 0 aromatic rings. The van der Waals surface area contributed by atoms with Crippen molar-refractivity contribution in [2.75, 3.05) is 0 Å². The lowest BCUT2D eigenvalue weighted by atomic mass is 10.3. The summed E-state index contributed by atoms with van der Waals surface area (Å²) >= 11 is 0. The van der Waals surface area contributed by atoms with Gasteiger partial charge in [0.1, 0.15) is 10.5 Å². The Morgan fingerprint density at radius 3 is 2.62 bits per heavy atom. The van der Waals surface area contributed by atoms with E-state index in [1.165, 1.54) is 0 Å². The molecule has 0 bridgehead atoms. The standard InChI is InChI=1S/C5H10O2Si/c6-4-1-2-5(3-4)7-8/h1-2,4-6H,3H2,8H3. The maximum absolute atomic E-state index is 8.88. The second kappa shape index (κ2) is 2.43. The zero-order valence-corrected chi connectivity index (χ0v) is 6.87. The molecule has 1 N–H and O–H groups in total. The van der Waals surface area contributed by atoms with Crippen molar-refractivity contribution in [3.05, 3.63) is 12.2 Å². The van der Waals surface area contributed by atoms with E-state index in [1.807, 2.05) is 6.08 Å². The van der Waals surface area contributed by atoms with Crippen molar-refractivity contribution < 1.29 is 9.53 Å². The third kappa shape index (κ3) is 1.18. The van der Waals surface area contributed by atoms with Crippen LogP contribution in [-0.2, 0) is 4.43 Å². The molecule has 0 amide bonds. The third-order valence-electron chi connectivity index (χ3n) is 1.32. The lowest BCUT2D eigenvalue weighted by Crippen LogP contribution is -2.08. The van der Waals surface area contributed by atoms with E-state index in [-0.39, 0.29) is 12.2 Å². The Morgan fingerprint density at radius 2 is 2.38 bits per heavy atom. The van der Waals surface area contributed by atoms with Gasteiger partial charge < -0.3 is 9.53 Å². The van der Waals surface area contributed by atoms with Crippen molar-refractivity contribution in [3.8, 4) is 0 Å². The molecule has 1 aliphatic carbocycles. The zero-order chi connectivity index (χ0) is 5.98. The summed E-state index contributed by atoms with van der Waals surface area (Å²) in [5, 5.41) is 8.88. The van der Waals surface area contributed by atoms with Crippen LogP contribution in [0.5, 0.6) is 0 Å². The lowest BCUT2D eigenvalue weighted by molar-refractivity contribution is 0.172. The molecule has 0 aromatic heterocycles. The van der Waals surface area contributed by atoms with Crippen LogP contribution >= 0.6 is 0 Å². The van der Waals surface area contributed by atoms with Gasteiger partial charge in [-0.15, -0.1) is 0 Å². The van der Waals surface area contributed by atoms with Crippen LogP contribution in [0, 0.1) is 0 Å². The maximum atomic E-state index is 8.88. The molecule has 1 aliphatic rings. The fourth-order valence-corrected chi connectivity index (χ4v) is 1.17. The number of aliphatic hydroxyl groups is 1. The zero-order valence-electron chi connectivity index (χ0n) is 4.87. The van der Waals surface area contributed by atoms with E-state index in [4.69, 9.17) is 9.53 Å². The predicted molar refractivity (Wildman–Crippen MR) is 34.6 cm³/mol. The average Bonchev–Trinajstić information content (AvgIpc) is 2.14. The molecule has 0 saturated heterocycles. The highest BCUT2D eigenvalue weighted by Crippen LogP contribution is 2.11. The second-order valence-corrected chi connectivity index (χ2v) is 2.43. The van der Waals surface area contributed by atoms with Gasteiger partial charge in [0.15, 0.2) is 0 Å². The van der Waals surface area contributed by atoms with Gasteiger partial charge >= 0.3 is 0 Å². The minimum Gasteiger partial charge on any atom is -0.422 e. The first kappa shape index (κ1) is 6.00. The molecule has 0 heterocycles. The van der Waals surface area contributed by atoms with Crippen molar-refractivity contribution >= 4 is 10.5 Å². The highest BCUT2D eigenvalue weighted by atomic mass is 28.2. The quantitative estimate of drug-likeness (QED) is 0.363. The number of hydrogen-bond donors (Lipinski definition) is 1. The van der Waals surface area contributed by atoms with E-state index < -0.39 is 0 Å². The first-order valence-electron chi connectivity index (χ1n) is 2.72. The van der Waals surface area contributed by atoms with Crippen LogP contribution in [0.15, 0.2) is 12.2 Å². The largest absolute Gasteiger partial charge is 0.422 e. The molecular formula is C5H10O2Si. The highest BCUT2D eigenvalue weighted by molar-refractivity contribution is 5.98. The monoisotopic (exact) mass is 130 g/mol. The van der Waals surface area contributed by atoms with Crippen LogP contribution in [0.1, 0.15) is 6.42 Å². The summed E-state index contributed by atoms with van der Waals surface area (Å²) in [6.07, 6.45) is 4.40. The van der Waals surface area contributed by atoms with Gasteiger partial charge in [-0.05, 0) is 0 Å². The smallest absolute Gasteiger partial charge is 0.146 e. The molecule has 0 saturated carbocycles. The first-order chi connectivity index (χ1) is 3.83. The Labute approximate surface area is 51.7 Å². The topological polar surface area (TPSA) is 29.5 Å². The van der Waals surface area contributed by atoms with E-state index in [9.17, 15) is 0 Å². The van der Waals surface area contributed by atoms with Crippen LogP contribution in [0.4, 0.5) is 0 Å². The molecule has 8 heavy (non-hydrogen) atoms. The van der Waals surface area contributed by atoms with Crippen molar-refractivity contribution in [2.24, 2.45) is 0 Å². The van der Waals surface area contributed by atoms with Gasteiger partial charge in [-0.25, -0.2) is 0 Å². The van der Waals surface area contributed by atoms with E-state index in [1.54, 1.807) is 6.08 Å². The molecule has 0 aromatic carbocycles. The number of hydrogen-bond acceptors (Lipinski definition) is 2. The molecule has 2 atom stereocenters. The predicted octanol–water partition coefficient (Wildman–Crippen LogP) is -1.03. The molecule has 0 spiro atoms. The number of rotatable bonds is 1. The number of aliphatic hydroxyl groups excluding tert-OH is 1. The Morgan fingerprint density at radius 1 is 1.62 bits per heavy atom. The summed E-state index contributed by atoms with van der Waals surface area (Å²) in [5.74, 6) is 0. The molecule has 0 fully saturated rings. The minimum atomic E-state index is -0.256. The van der Waals surface area contributed by atoms with Crippen LogP contribution in [0.2, 0.25) is 0 Å². The van der Waals surface area contributed by atoms with E-state index >= 15 is 0 Å². The molecule has 2 nitrogen and oxygen atoms in total. The molecule has 0 aliphatic heterocycles. The molecular weight excluding hydrogens is 120 g/mol. The van der Waals surface area contributed by atoms with Gasteiger partial charge in [-0.3, -0.25) is 0 Å². The molecule has 46 valence electrons. The average molecular weight is 130 g/mol. The highest BCUT2D eigenvalue weighted by Gasteiger charge is 2.13. The van der Waals surface area contributed by atoms with Gasteiger partial charge in [0.2, 0.25) is 0 Å². The summed E-state index contributed by atoms with van der Waals surface area (Å²) in [6, 6.07) is 0. The van der Waals surface area contributed by atoms with Gasteiger partial charge in [0.25, 0.3) is 0 Å². The summed E-state index contributed by atoms with van der Waals surface area (Å²) in [6.45, 7) is 0. The Kier molecular flexibility index (Phi) is 1.83. The van der Waals surface area contributed by atoms with Crippen molar-refractivity contribution in [3.63, 3.8) is 0 Å².